The van der Waals surface area contributed by atoms with Gasteiger partial charge < -0.3 is 14.8 Å². The molecule has 0 aliphatic carbocycles. The van der Waals surface area contributed by atoms with Crippen LogP contribution < -0.4 is 0 Å². The molecule has 2 heterocycles. The molecule has 0 fully saturated rings. The monoisotopic (exact) mass is 287 g/mol. The number of nitrogens with zero attached hydrogens (tertiary/aromatic N) is 3. The van der Waals surface area contributed by atoms with Gasteiger partial charge in [-0.05, 0) is 11.1 Å². The Bertz CT molecular complexity index is 606. The smallest absolute Gasteiger partial charge is 0.0949 e. The van der Waals surface area contributed by atoms with Crippen molar-refractivity contribution < 1.29 is 10.2 Å². The summed E-state index contributed by atoms with van der Waals surface area (Å²) >= 11 is 0. The average molecular weight is 287 g/mol. The molecular formula is C16H21N3O2. The molecule has 1 aromatic carbocycles. The Morgan fingerprint density at radius 2 is 1.90 bits per heavy atom. The van der Waals surface area contributed by atoms with Crippen molar-refractivity contribution in [3.63, 3.8) is 0 Å². The summed E-state index contributed by atoms with van der Waals surface area (Å²) in [5.41, 5.74) is 4.43. The van der Waals surface area contributed by atoms with Crippen LogP contribution in [0.1, 0.15) is 22.5 Å². The standard InChI is InChI=1S/C16H21N3O2/c1-18-11-17-15-8-19(14(10-21)6-16(15)18)7-12-2-4-13(9-20)5-3-12/h2-5,11,14,20-21H,6-10H2,1H3. The molecule has 21 heavy (non-hydrogen) atoms. The summed E-state index contributed by atoms with van der Waals surface area (Å²) < 4.78 is 2.05. The van der Waals surface area contributed by atoms with Gasteiger partial charge in [0.2, 0.25) is 0 Å². The zero-order valence-electron chi connectivity index (χ0n) is 12.2. The molecule has 0 amide bonds. The maximum absolute atomic E-state index is 9.67. The number of aliphatic hydroxyl groups is 2. The molecule has 2 aromatic rings. The lowest BCUT2D eigenvalue weighted by Crippen LogP contribution is -2.42. The first-order chi connectivity index (χ1) is 10.2. The Hall–Kier alpha value is -1.69. The summed E-state index contributed by atoms with van der Waals surface area (Å²) in [4.78, 5) is 6.72. The summed E-state index contributed by atoms with van der Waals surface area (Å²) in [6.07, 6.45) is 2.68. The molecule has 0 bridgehead atoms. The van der Waals surface area contributed by atoms with E-state index in [1.807, 2.05) is 42.2 Å². The fourth-order valence-electron chi connectivity index (χ4n) is 2.92. The highest BCUT2D eigenvalue weighted by Gasteiger charge is 2.28. The van der Waals surface area contributed by atoms with Crippen LogP contribution in [0.2, 0.25) is 0 Å². The van der Waals surface area contributed by atoms with Gasteiger partial charge in [-0.3, -0.25) is 4.90 Å². The van der Waals surface area contributed by atoms with E-state index in [4.69, 9.17) is 5.11 Å². The van der Waals surface area contributed by atoms with Crippen molar-refractivity contribution in [2.24, 2.45) is 7.05 Å². The lowest BCUT2D eigenvalue weighted by molar-refractivity contribution is 0.0967. The molecule has 0 radical (unpaired) electrons. The molecule has 3 rings (SSSR count). The van der Waals surface area contributed by atoms with E-state index < -0.39 is 0 Å². The third-order valence-electron chi connectivity index (χ3n) is 4.25. The van der Waals surface area contributed by atoms with Crippen molar-refractivity contribution in [3.8, 4) is 0 Å². The molecule has 2 N–H and O–H groups in total. The van der Waals surface area contributed by atoms with Crippen molar-refractivity contribution in [1.29, 1.82) is 0 Å². The van der Waals surface area contributed by atoms with Crippen molar-refractivity contribution in [2.45, 2.75) is 32.2 Å². The minimum atomic E-state index is 0.0700. The third-order valence-corrected chi connectivity index (χ3v) is 4.25. The van der Waals surface area contributed by atoms with Gasteiger partial charge in [0.15, 0.2) is 0 Å². The number of aryl methyl sites for hydroxylation is 1. The highest BCUT2D eigenvalue weighted by Crippen LogP contribution is 2.23. The van der Waals surface area contributed by atoms with Crippen LogP contribution in [0.25, 0.3) is 0 Å². The van der Waals surface area contributed by atoms with Crippen molar-refractivity contribution in [3.05, 3.63) is 53.1 Å². The molecular weight excluding hydrogens is 266 g/mol. The van der Waals surface area contributed by atoms with Crippen LogP contribution in [-0.4, -0.2) is 37.3 Å². The maximum Gasteiger partial charge on any atom is 0.0949 e. The van der Waals surface area contributed by atoms with Gasteiger partial charge in [0.05, 0.1) is 25.2 Å². The van der Waals surface area contributed by atoms with Crippen LogP contribution >= 0.6 is 0 Å². The molecule has 1 atom stereocenters. The second-order valence-corrected chi connectivity index (χ2v) is 5.67. The molecule has 0 spiro atoms. The predicted octanol–water partition coefficient (Wildman–Crippen LogP) is 0.832. The fourth-order valence-corrected chi connectivity index (χ4v) is 2.92. The lowest BCUT2D eigenvalue weighted by atomic mass is 10.0. The topological polar surface area (TPSA) is 61.5 Å². The molecule has 1 unspecified atom stereocenters. The van der Waals surface area contributed by atoms with E-state index in [1.165, 1.54) is 11.3 Å². The number of rotatable bonds is 4. The van der Waals surface area contributed by atoms with E-state index in [-0.39, 0.29) is 19.3 Å². The first kappa shape index (κ1) is 14.3. The molecule has 0 saturated heterocycles. The second kappa shape index (κ2) is 5.97. The van der Waals surface area contributed by atoms with Crippen LogP contribution in [0.15, 0.2) is 30.6 Å². The van der Waals surface area contributed by atoms with Gasteiger partial charge in [-0.15, -0.1) is 0 Å². The molecule has 1 aliphatic heterocycles. The van der Waals surface area contributed by atoms with Crippen LogP contribution in [0.5, 0.6) is 0 Å². The Kier molecular flexibility index (Phi) is 4.05. The predicted molar refractivity (Wildman–Crippen MR) is 79.4 cm³/mol. The zero-order chi connectivity index (χ0) is 14.8. The fraction of sp³-hybridized carbons (Fsp3) is 0.438. The maximum atomic E-state index is 9.67. The Morgan fingerprint density at radius 1 is 1.19 bits per heavy atom. The van der Waals surface area contributed by atoms with Gasteiger partial charge in [0, 0.05) is 38.3 Å². The number of benzene rings is 1. The van der Waals surface area contributed by atoms with Crippen LogP contribution in [0, 0.1) is 0 Å². The minimum absolute atomic E-state index is 0.0700. The van der Waals surface area contributed by atoms with Gasteiger partial charge in [0.1, 0.15) is 0 Å². The molecule has 1 aromatic heterocycles. The second-order valence-electron chi connectivity index (χ2n) is 5.67. The average Bonchev–Trinajstić information content (AvgIpc) is 2.88. The third kappa shape index (κ3) is 2.85. The van der Waals surface area contributed by atoms with Crippen LogP contribution in [0.3, 0.4) is 0 Å². The Morgan fingerprint density at radius 3 is 2.57 bits per heavy atom. The van der Waals surface area contributed by atoms with E-state index in [9.17, 15) is 5.11 Å². The summed E-state index contributed by atoms with van der Waals surface area (Å²) in [7, 11) is 2.00. The number of hydrogen-bond donors (Lipinski definition) is 2. The Labute approximate surface area is 124 Å². The van der Waals surface area contributed by atoms with E-state index in [1.54, 1.807) is 0 Å². The van der Waals surface area contributed by atoms with E-state index >= 15 is 0 Å². The highest BCUT2D eigenvalue weighted by molar-refractivity contribution is 5.23. The quantitative estimate of drug-likeness (QED) is 0.874. The Balaban J connectivity index is 1.77. The number of aromatic nitrogens is 2. The van der Waals surface area contributed by atoms with Gasteiger partial charge in [0.25, 0.3) is 0 Å². The zero-order valence-corrected chi connectivity index (χ0v) is 12.2. The number of imidazole rings is 1. The number of fused-ring (bicyclic) bond motifs is 1. The summed E-state index contributed by atoms with van der Waals surface area (Å²) in [5, 5.41) is 18.8. The lowest BCUT2D eigenvalue weighted by Gasteiger charge is -2.34. The molecule has 1 aliphatic rings. The summed E-state index contributed by atoms with van der Waals surface area (Å²) in [5.74, 6) is 0. The van der Waals surface area contributed by atoms with Crippen molar-refractivity contribution in [2.75, 3.05) is 6.61 Å². The van der Waals surface area contributed by atoms with Gasteiger partial charge in [-0.2, -0.15) is 0 Å². The number of hydrogen-bond acceptors (Lipinski definition) is 4. The molecule has 0 saturated carbocycles. The van der Waals surface area contributed by atoms with E-state index in [0.29, 0.717) is 0 Å². The van der Waals surface area contributed by atoms with Crippen LogP contribution in [0.4, 0.5) is 0 Å². The van der Waals surface area contributed by atoms with Gasteiger partial charge >= 0.3 is 0 Å². The molecule has 5 heteroatoms. The largest absolute Gasteiger partial charge is 0.395 e. The van der Waals surface area contributed by atoms with Gasteiger partial charge in [-0.1, -0.05) is 24.3 Å². The first-order valence-corrected chi connectivity index (χ1v) is 7.24. The first-order valence-electron chi connectivity index (χ1n) is 7.24. The summed E-state index contributed by atoms with van der Waals surface area (Å²) in [6, 6.07) is 8.09. The van der Waals surface area contributed by atoms with Gasteiger partial charge in [-0.25, -0.2) is 4.98 Å². The molecule has 5 nitrogen and oxygen atoms in total. The normalized spacial score (nSPS) is 18.7. The number of aliphatic hydroxyl groups excluding tert-OH is 2. The molecule has 112 valence electrons. The summed E-state index contributed by atoms with van der Waals surface area (Å²) in [6.45, 7) is 1.77. The van der Waals surface area contributed by atoms with Crippen molar-refractivity contribution >= 4 is 0 Å². The highest BCUT2D eigenvalue weighted by atomic mass is 16.3. The minimum Gasteiger partial charge on any atom is -0.395 e. The van der Waals surface area contributed by atoms with E-state index in [2.05, 4.69) is 9.88 Å². The SMILES string of the molecule is Cn1cnc2c1CC(CO)N(Cc1ccc(CO)cc1)C2. The van der Waals surface area contributed by atoms with Crippen molar-refractivity contribution in [1.82, 2.24) is 14.5 Å². The van der Waals surface area contributed by atoms with Crippen LogP contribution in [-0.2, 0) is 33.2 Å². The van der Waals surface area contributed by atoms with E-state index in [0.717, 1.165) is 30.8 Å².